The van der Waals surface area contributed by atoms with Crippen LogP contribution in [0.2, 0.25) is 0 Å². The normalized spacial score (nSPS) is 24.1. The minimum atomic E-state index is 0.00729. The molecule has 1 aliphatic heterocycles. The van der Waals surface area contributed by atoms with E-state index in [1.165, 1.54) is 19.3 Å². The highest BCUT2D eigenvalue weighted by Gasteiger charge is 2.41. The molecule has 0 aromatic heterocycles. The van der Waals surface area contributed by atoms with E-state index in [0.29, 0.717) is 11.1 Å². The van der Waals surface area contributed by atoms with E-state index >= 15 is 0 Å². The molecule has 2 fully saturated rings. The van der Waals surface area contributed by atoms with Gasteiger partial charge in [0.25, 0.3) is 0 Å². The molecule has 4 nitrogen and oxygen atoms in total. The zero-order chi connectivity index (χ0) is 14.0. The number of aromatic hydroxyl groups is 1. The summed E-state index contributed by atoms with van der Waals surface area (Å²) in [7, 11) is 0. The smallest absolute Gasteiger partial charge is 0.224 e. The molecule has 4 heteroatoms. The second-order valence-electron chi connectivity index (χ2n) is 6.12. The zero-order valence-electron chi connectivity index (χ0n) is 11.7. The molecule has 1 saturated carbocycles. The number of rotatable bonds is 3. The van der Waals surface area contributed by atoms with Crippen molar-refractivity contribution in [2.24, 2.45) is 0 Å². The van der Waals surface area contributed by atoms with Crippen LogP contribution in [0.1, 0.15) is 37.7 Å². The molecule has 1 aliphatic carbocycles. The summed E-state index contributed by atoms with van der Waals surface area (Å²) in [6, 6.07) is 7.30. The van der Waals surface area contributed by atoms with E-state index in [9.17, 15) is 9.90 Å². The number of carbonyl (C=O) groups excluding carboxylic acids is 1. The summed E-state index contributed by atoms with van der Waals surface area (Å²) < 4.78 is 0. The highest BCUT2D eigenvalue weighted by atomic mass is 16.3. The monoisotopic (exact) mass is 274 g/mol. The van der Waals surface area contributed by atoms with Crippen molar-refractivity contribution in [1.82, 2.24) is 10.6 Å². The topological polar surface area (TPSA) is 61.4 Å². The van der Waals surface area contributed by atoms with Crippen LogP contribution in [0.4, 0.5) is 0 Å². The molecule has 20 heavy (non-hydrogen) atoms. The summed E-state index contributed by atoms with van der Waals surface area (Å²) in [5.74, 6) is 0.205. The molecule has 3 rings (SSSR count). The third-order valence-electron chi connectivity index (χ3n) is 4.65. The van der Waals surface area contributed by atoms with E-state index in [2.05, 4.69) is 10.6 Å². The fraction of sp³-hybridized carbons (Fsp3) is 0.562. The Balaban J connectivity index is 1.55. The molecule has 2 aliphatic rings. The molecule has 1 aromatic carbocycles. The first-order valence-electron chi connectivity index (χ1n) is 7.48. The van der Waals surface area contributed by atoms with Crippen LogP contribution in [0.25, 0.3) is 0 Å². The van der Waals surface area contributed by atoms with Crippen molar-refractivity contribution in [3.63, 3.8) is 0 Å². The van der Waals surface area contributed by atoms with E-state index < -0.39 is 0 Å². The third-order valence-corrected chi connectivity index (χ3v) is 4.65. The molecule has 0 radical (unpaired) electrons. The van der Waals surface area contributed by atoms with Crippen LogP contribution in [0.15, 0.2) is 24.3 Å². The minimum Gasteiger partial charge on any atom is -0.508 e. The summed E-state index contributed by atoms with van der Waals surface area (Å²) >= 11 is 0. The number of para-hydroxylation sites is 1. The van der Waals surface area contributed by atoms with E-state index in [4.69, 9.17) is 0 Å². The van der Waals surface area contributed by atoms with Gasteiger partial charge in [-0.05, 0) is 44.7 Å². The van der Waals surface area contributed by atoms with Crippen molar-refractivity contribution in [2.45, 2.75) is 50.1 Å². The highest BCUT2D eigenvalue weighted by Crippen LogP contribution is 2.38. The van der Waals surface area contributed by atoms with Gasteiger partial charge in [-0.2, -0.15) is 0 Å². The number of benzene rings is 1. The number of nitrogens with one attached hydrogen (secondary N) is 2. The van der Waals surface area contributed by atoms with Crippen LogP contribution < -0.4 is 10.6 Å². The first kappa shape index (κ1) is 13.4. The van der Waals surface area contributed by atoms with Crippen molar-refractivity contribution in [3.8, 4) is 5.75 Å². The summed E-state index contributed by atoms with van der Waals surface area (Å²) in [6.45, 7) is 0.988. The Hall–Kier alpha value is -1.55. The second kappa shape index (κ2) is 5.44. The van der Waals surface area contributed by atoms with Crippen LogP contribution >= 0.6 is 0 Å². The Morgan fingerprint density at radius 1 is 1.40 bits per heavy atom. The largest absolute Gasteiger partial charge is 0.508 e. The quantitative estimate of drug-likeness (QED) is 0.786. The Labute approximate surface area is 119 Å². The number of piperidine rings is 1. The summed E-state index contributed by atoms with van der Waals surface area (Å²) in [5, 5.41) is 16.4. The lowest BCUT2D eigenvalue weighted by Crippen LogP contribution is -2.59. The molecule has 1 saturated heterocycles. The molecular weight excluding hydrogens is 252 g/mol. The second-order valence-corrected chi connectivity index (χ2v) is 6.12. The average molecular weight is 274 g/mol. The van der Waals surface area contributed by atoms with Gasteiger partial charge < -0.3 is 15.7 Å². The van der Waals surface area contributed by atoms with Gasteiger partial charge in [0.05, 0.1) is 6.42 Å². The molecule has 1 spiro atoms. The van der Waals surface area contributed by atoms with Gasteiger partial charge >= 0.3 is 0 Å². The maximum Gasteiger partial charge on any atom is 0.224 e. The number of hydrogen-bond acceptors (Lipinski definition) is 3. The van der Waals surface area contributed by atoms with Gasteiger partial charge in [-0.1, -0.05) is 18.2 Å². The van der Waals surface area contributed by atoms with Crippen LogP contribution in [-0.4, -0.2) is 29.1 Å². The standard InChI is InChI=1S/C16H22N2O2/c19-14-5-2-1-4-12(14)10-15(20)18-13-6-9-17-16(11-13)7-3-8-16/h1-2,4-5,13,17,19H,3,6-11H2,(H,18,20). The van der Waals surface area contributed by atoms with Crippen LogP contribution in [0.3, 0.4) is 0 Å². The van der Waals surface area contributed by atoms with Gasteiger partial charge in [0.1, 0.15) is 5.75 Å². The third kappa shape index (κ3) is 2.80. The maximum atomic E-state index is 12.1. The van der Waals surface area contributed by atoms with Crippen LogP contribution in [-0.2, 0) is 11.2 Å². The Morgan fingerprint density at radius 3 is 2.90 bits per heavy atom. The van der Waals surface area contributed by atoms with Crippen molar-refractivity contribution in [1.29, 1.82) is 0 Å². The molecule has 1 heterocycles. The zero-order valence-corrected chi connectivity index (χ0v) is 11.7. The average Bonchev–Trinajstić information content (AvgIpc) is 2.40. The van der Waals surface area contributed by atoms with Crippen LogP contribution in [0.5, 0.6) is 5.75 Å². The molecule has 1 amide bonds. The van der Waals surface area contributed by atoms with E-state index in [0.717, 1.165) is 19.4 Å². The molecule has 1 atom stereocenters. The van der Waals surface area contributed by atoms with Gasteiger partial charge in [-0.15, -0.1) is 0 Å². The van der Waals surface area contributed by atoms with Crippen molar-refractivity contribution in [3.05, 3.63) is 29.8 Å². The van der Waals surface area contributed by atoms with Crippen LogP contribution in [0, 0.1) is 0 Å². The molecule has 1 unspecified atom stereocenters. The number of phenolic OH excluding ortho intramolecular Hbond substituents is 1. The van der Waals surface area contributed by atoms with Crippen molar-refractivity contribution in [2.75, 3.05) is 6.54 Å². The van der Waals surface area contributed by atoms with E-state index in [1.54, 1.807) is 18.2 Å². The first-order chi connectivity index (χ1) is 9.67. The number of amides is 1. The number of phenols is 1. The maximum absolute atomic E-state index is 12.1. The molecule has 3 N–H and O–H groups in total. The summed E-state index contributed by atoms with van der Waals surface area (Å²) in [4.78, 5) is 12.1. The number of hydrogen-bond donors (Lipinski definition) is 3. The van der Waals surface area contributed by atoms with Gasteiger partial charge in [0.15, 0.2) is 0 Å². The Morgan fingerprint density at radius 2 is 2.20 bits per heavy atom. The lowest BCUT2D eigenvalue weighted by molar-refractivity contribution is -0.121. The van der Waals surface area contributed by atoms with Gasteiger partial charge in [-0.25, -0.2) is 0 Å². The summed E-state index contributed by atoms with van der Waals surface area (Å²) in [6.07, 6.45) is 6.06. The lowest BCUT2D eigenvalue weighted by Gasteiger charge is -2.48. The van der Waals surface area contributed by atoms with Gasteiger partial charge in [0.2, 0.25) is 5.91 Å². The van der Waals surface area contributed by atoms with Gasteiger partial charge in [0, 0.05) is 17.1 Å². The predicted octanol–water partition coefficient (Wildman–Crippen LogP) is 1.73. The lowest BCUT2D eigenvalue weighted by atomic mass is 9.70. The van der Waals surface area contributed by atoms with E-state index in [-0.39, 0.29) is 24.1 Å². The minimum absolute atomic E-state index is 0.00729. The highest BCUT2D eigenvalue weighted by molar-refractivity contribution is 5.79. The molecule has 108 valence electrons. The van der Waals surface area contributed by atoms with Crippen molar-refractivity contribution < 1.29 is 9.90 Å². The van der Waals surface area contributed by atoms with Crippen molar-refractivity contribution >= 4 is 5.91 Å². The SMILES string of the molecule is O=C(Cc1ccccc1O)NC1CCNC2(CCC2)C1. The van der Waals surface area contributed by atoms with Gasteiger partial charge in [-0.3, -0.25) is 4.79 Å². The summed E-state index contributed by atoms with van der Waals surface area (Å²) in [5.41, 5.74) is 0.989. The predicted molar refractivity (Wildman–Crippen MR) is 77.6 cm³/mol. The van der Waals surface area contributed by atoms with E-state index in [1.807, 2.05) is 6.07 Å². The fourth-order valence-corrected chi connectivity index (χ4v) is 3.38. The molecular formula is C16H22N2O2. The molecule has 0 bridgehead atoms. The Bertz CT molecular complexity index is 497. The fourth-order valence-electron chi connectivity index (χ4n) is 3.38. The number of carbonyl (C=O) groups is 1. The Kier molecular flexibility index (Phi) is 3.66. The first-order valence-corrected chi connectivity index (χ1v) is 7.48. The molecule has 1 aromatic rings.